The Kier molecular flexibility index (Phi) is 4.85. The molecule has 7 heteroatoms. The van der Waals surface area contributed by atoms with Crippen molar-refractivity contribution >= 4 is 23.1 Å². The Balaban J connectivity index is 2.13. The number of cyclic esters (lactones) is 1. The monoisotopic (exact) mass is 368 g/mol. The lowest BCUT2D eigenvalue weighted by Crippen LogP contribution is -2.06. The largest absolute Gasteiger partial charge is 0.504 e. The fourth-order valence-corrected chi connectivity index (χ4v) is 2.69. The van der Waals surface area contributed by atoms with Gasteiger partial charge in [0.25, 0.3) is 0 Å². The van der Waals surface area contributed by atoms with Crippen molar-refractivity contribution in [3.05, 3.63) is 71.2 Å². The summed E-state index contributed by atoms with van der Waals surface area (Å²) in [5.41, 5.74) is 0.202. The van der Waals surface area contributed by atoms with Gasteiger partial charge in [-0.1, -0.05) is 24.3 Å². The average molecular weight is 368 g/mol. The molecule has 0 amide bonds. The number of esters is 1. The van der Waals surface area contributed by atoms with Crippen LogP contribution < -0.4 is 9.47 Å². The van der Waals surface area contributed by atoms with Gasteiger partial charge in [-0.15, -0.1) is 0 Å². The van der Waals surface area contributed by atoms with Crippen LogP contribution in [-0.2, 0) is 14.3 Å². The number of carbonyl (C=O) groups excluding carboxylic acids is 1. The number of rotatable bonds is 5. The molecule has 0 atom stereocenters. The number of carbonyl (C=O) groups is 2. The van der Waals surface area contributed by atoms with Gasteiger partial charge >= 0.3 is 11.9 Å². The van der Waals surface area contributed by atoms with Gasteiger partial charge < -0.3 is 24.4 Å². The number of carboxylic acid groups (broad SMARTS) is 1. The minimum absolute atomic E-state index is 0.111. The first-order valence-corrected chi connectivity index (χ1v) is 7.88. The van der Waals surface area contributed by atoms with Crippen molar-refractivity contribution in [2.24, 2.45) is 0 Å². The van der Waals surface area contributed by atoms with Gasteiger partial charge in [-0.05, 0) is 35.4 Å². The van der Waals surface area contributed by atoms with Crippen LogP contribution in [0.5, 0.6) is 11.5 Å². The molecule has 0 bridgehead atoms. The van der Waals surface area contributed by atoms with Crippen molar-refractivity contribution in [1.29, 1.82) is 0 Å². The summed E-state index contributed by atoms with van der Waals surface area (Å²) in [5.74, 6) is -1.99. The zero-order valence-corrected chi connectivity index (χ0v) is 14.6. The molecule has 2 aromatic rings. The first-order chi connectivity index (χ1) is 13.0. The van der Waals surface area contributed by atoms with E-state index in [1.165, 1.54) is 26.4 Å². The van der Waals surface area contributed by atoms with Gasteiger partial charge in [0.05, 0.1) is 14.2 Å². The van der Waals surface area contributed by atoms with E-state index in [1.54, 1.807) is 36.4 Å². The van der Waals surface area contributed by atoms with Gasteiger partial charge in [0.2, 0.25) is 0 Å². The molecule has 7 nitrogen and oxygen atoms in total. The topological polar surface area (TPSA) is 102 Å². The summed E-state index contributed by atoms with van der Waals surface area (Å²) >= 11 is 0. The first kappa shape index (κ1) is 18.1. The molecule has 0 spiro atoms. The van der Waals surface area contributed by atoms with Gasteiger partial charge in [0, 0.05) is 0 Å². The second-order valence-electron chi connectivity index (χ2n) is 5.58. The van der Waals surface area contributed by atoms with Gasteiger partial charge in [0.15, 0.2) is 11.5 Å². The molecule has 0 saturated heterocycles. The fourth-order valence-electron chi connectivity index (χ4n) is 2.69. The number of methoxy groups -OCH3 is 2. The third kappa shape index (κ3) is 3.35. The Morgan fingerprint density at radius 2 is 1.44 bits per heavy atom. The van der Waals surface area contributed by atoms with Crippen LogP contribution in [0.4, 0.5) is 0 Å². The highest BCUT2D eigenvalue weighted by atomic mass is 16.6. The molecule has 1 aliphatic heterocycles. The minimum Gasteiger partial charge on any atom is -0.504 e. The van der Waals surface area contributed by atoms with E-state index in [9.17, 15) is 19.8 Å². The second kappa shape index (κ2) is 7.25. The predicted octanol–water partition coefficient (Wildman–Crippen LogP) is 3.03. The first-order valence-electron chi connectivity index (χ1n) is 7.88. The van der Waals surface area contributed by atoms with E-state index in [0.29, 0.717) is 17.1 Å². The van der Waals surface area contributed by atoms with Crippen LogP contribution in [-0.4, -0.2) is 36.4 Å². The van der Waals surface area contributed by atoms with Crippen LogP contribution in [0.1, 0.15) is 11.1 Å². The SMILES string of the molecule is COc1ccc(C2=C(O)/C(=C(\C(=O)O)c3ccc(OC)cc3)OC2=O)cc1. The molecule has 138 valence electrons. The number of aliphatic carboxylic acids is 1. The van der Waals surface area contributed by atoms with Crippen molar-refractivity contribution in [2.45, 2.75) is 0 Å². The molecule has 2 aromatic carbocycles. The molecular formula is C20H16O7. The number of aliphatic hydroxyl groups is 1. The second-order valence-corrected chi connectivity index (χ2v) is 5.58. The molecular weight excluding hydrogens is 352 g/mol. The van der Waals surface area contributed by atoms with Crippen LogP contribution in [0.15, 0.2) is 60.0 Å². The molecule has 0 unspecified atom stereocenters. The predicted molar refractivity (Wildman–Crippen MR) is 96.2 cm³/mol. The highest BCUT2D eigenvalue weighted by Crippen LogP contribution is 2.36. The van der Waals surface area contributed by atoms with Gasteiger partial charge in [0.1, 0.15) is 22.6 Å². The summed E-state index contributed by atoms with van der Waals surface area (Å²) in [6.45, 7) is 0. The Morgan fingerprint density at radius 1 is 0.926 bits per heavy atom. The number of benzene rings is 2. The van der Waals surface area contributed by atoms with Gasteiger partial charge in [-0.25, -0.2) is 9.59 Å². The van der Waals surface area contributed by atoms with Crippen molar-refractivity contribution in [2.75, 3.05) is 14.2 Å². The Bertz CT molecular complexity index is 951. The lowest BCUT2D eigenvalue weighted by Gasteiger charge is -2.08. The maximum Gasteiger partial charge on any atom is 0.348 e. The van der Waals surface area contributed by atoms with Crippen LogP contribution in [0, 0.1) is 0 Å². The van der Waals surface area contributed by atoms with E-state index in [4.69, 9.17) is 14.2 Å². The van der Waals surface area contributed by atoms with Crippen LogP contribution >= 0.6 is 0 Å². The van der Waals surface area contributed by atoms with Crippen molar-refractivity contribution in [3.8, 4) is 11.5 Å². The van der Waals surface area contributed by atoms with Gasteiger partial charge in [-0.3, -0.25) is 0 Å². The van der Waals surface area contributed by atoms with Crippen LogP contribution in [0.3, 0.4) is 0 Å². The van der Waals surface area contributed by atoms with Crippen LogP contribution in [0.25, 0.3) is 11.1 Å². The third-order valence-electron chi connectivity index (χ3n) is 4.05. The van der Waals surface area contributed by atoms with Crippen LogP contribution in [0.2, 0.25) is 0 Å². The van der Waals surface area contributed by atoms with E-state index in [0.717, 1.165) is 0 Å². The molecule has 0 saturated carbocycles. The van der Waals surface area contributed by atoms with Crippen molar-refractivity contribution < 1.29 is 34.0 Å². The summed E-state index contributed by atoms with van der Waals surface area (Å²) < 4.78 is 15.2. The zero-order valence-electron chi connectivity index (χ0n) is 14.6. The normalized spacial score (nSPS) is 15.4. The molecule has 0 radical (unpaired) electrons. The third-order valence-corrected chi connectivity index (χ3v) is 4.05. The number of carboxylic acids is 1. The Labute approximate surface area is 154 Å². The summed E-state index contributed by atoms with van der Waals surface area (Å²) in [6.07, 6.45) is 0. The fraction of sp³-hybridized carbons (Fsp3) is 0.100. The van der Waals surface area contributed by atoms with Crippen molar-refractivity contribution in [3.63, 3.8) is 0 Å². The quantitative estimate of drug-likeness (QED) is 0.618. The number of hydrogen-bond donors (Lipinski definition) is 2. The number of aliphatic hydroxyl groups excluding tert-OH is 1. The van der Waals surface area contributed by atoms with E-state index >= 15 is 0 Å². The maximum atomic E-state index is 12.3. The molecule has 3 rings (SSSR count). The lowest BCUT2D eigenvalue weighted by molar-refractivity contribution is -0.131. The Hall–Kier alpha value is -3.74. The maximum absolute atomic E-state index is 12.3. The Morgan fingerprint density at radius 3 is 1.93 bits per heavy atom. The molecule has 2 N–H and O–H groups in total. The molecule has 27 heavy (non-hydrogen) atoms. The summed E-state index contributed by atoms with van der Waals surface area (Å²) in [6, 6.07) is 12.5. The lowest BCUT2D eigenvalue weighted by atomic mass is 10.0. The molecule has 1 aliphatic rings. The molecule has 0 fully saturated rings. The van der Waals surface area contributed by atoms with E-state index in [2.05, 4.69) is 0 Å². The summed E-state index contributed by atoms with van der Waals surface area (Å²) in [7, 11) is 2.99. The van der Waals surface area contributed by atoms with E-state index in [-0.39, 0.29) is 16.7 Å². The van der Waals surface area contributed by atoms with Crippen molar-refractivity contribution in [1.82, 2.24) is 0 Å². The number of hydrogen-bond acceptors (Lipinski definition) is 6. The summed E-state index contributed by atoms with van der Waals surface area (Å²) in [4.78, 5) is 24.1. The van der Waals surface area contributed by atoms with E-state index < -0.39 is 23.5 Å². The molecule has 0 aliphatic carbocycles. The highest BCUT2D eigenvalue weighted by Gasteiger charge is 2.35. The van der Waals surface area contributed by atoms with E-state index in [1.807, 2.05) is 0 Å². The highest BCUT2D eigenvalue weighted by molar-refractivity contribution is 6.25. The zero-order chi connectivity index (χ0) is 19.6. The summed E-state index contributed by atoms with van der Waals surface area (Å²) in [5, 5.41) is 20.1. The van der Waals surface area contributed by atoms with Gasteiger partial charge in [-0.2, -0.15) is 0 Å². The number of ether oxygens (including phenoxy) is 3. The minimum atomic E-state index is -1.34. The smallest absolute Gasteiger partial charge is 0.348 e. The average Bonchev–Trinajstić information content (AvgIpc) is 2.96. The molecule has 0 aromatic heterocycles. The molecule has 1 heterocycles. The standard InChI is InChI=1S/C20H16O7/c1-25-13-7-3-11(4-8-13)15-17(21)18(27-20(15)24)16(19(22)23)12-5-9-14(26-2)10-6-12/h3-10,21H,1-2H3,(H,22,23)/b18-16+.